The molecule has 0 amide bonds. The van der Waals surface area contributed by atoms with Crippen molar-refractivity contribution in [2.75, 3.05) is 6.61 Å². The summed E-state index contributed by atoms with van der Waals surface area (Å²) in [6.45, 7) is 4.08. The van der Waals surface area contributed by atoms with Crippen molar-refractivity contribution in [1.82, 2.24) is 9.97 Å². The predicted octanol–water partition coefficient (Wildman–Crippen LogP) is 2.11. The number of aromatic nitrogens is 2. The van der Waals surface area contributed by atoms with Gasteiger partial charge in [0.05, 0.1) is 23.2 Å². The summed E-state index contributed by atoms with van der Waals surface area (Å²) < 4.78 is 4.89. The van der Waals surface area contributed by atoms with Crippen molar-refractivity contribution in [3.63, 3.8) is 0 Å². The first kappa shape index (κ1) is 10.5. The Morgan fingerprint density at radius 1 is 1.25 bits per heavy atom. The van der Waals surface area contributed by atoms with Crippen molar-refractivity contribution in [1.29, 1.82) is 0 Å². The molecule has 0 bridgehead atoms. The third-order valence-electron chi connectivity index (χ3n) is 2.18. The van der Waals surface area contributed by atoms with Crippen LogP contribution in [0.15, 0.2) is 24.5 Å². The molecule has 0 saturated heterocycles. The Kier molecular flexibility index (Phi) is 2.81. The van der Waals surface area contributed by atoms with Crippen molar-refractivity contribution in [2.24, 2.45) is 0 Å². The van der Waals surface area contributed by atoms with Crippen LogP contribution >= 0.6 is 0 Å². The van der Waals surface area contributed by atoms with Crippen molar-refractivity contribution >= 4 is 17.0 Å². The van der Waals surface area contributed by atoms with E-state index in [0.29, 0.717) is 17.7 Å². The number of pyridine rings is 2. The SMILES string of the molecule is CCOC(=O)c1cnc2cc(C)cnc2c1. The number of aryl methyl sites for hydroxylation is 1. The molecule has 0 spiro atoms. The van der Waals surface area contributed by atoms with Gasteiger partial charge in [-0.25, -0.2) is 4.79 Å². The lowest BCUT2D eigenvalue weighted by Crippen LogP contribution is -2.05. The van der Waals surface area contributed by atoms with E-state index in [1.54, 1.807) is 19.2 Å². The average Bonchev–Trinajstić information content (AvgIpc) is 2.28. The van der Waals surface area contributed by atoms with E-state index in [0.717, 1.165) is 11.1 Å². The van der Waals surface area contributed by atoms with Crippen LogP contribution in [0.1, 0.15) is 22.8 Å². The summed E-state index contributed by atoms with van der Waals surface area (Å²) in [5.41, 5.74) is 2.97. The molecule has 16 heavy (non-hydrogen) atoms. The van der Waals surface area contributed by atoms with Gasteiger partial charge in [0, 0.05) is 12.4 Å². The maximum atomic E-state index is 11.5. The van der Waals surface area contributed by atoms with Gasteiger partial charge in [-0.3, -0.25) is 9.97 Å². The van der Waals surface area contributed by atoms with Crippen molar-refractivity contribution in [2.45, 2.75) is 13.8 Å². The molecule has 0 aliphatic rings. The minimum Gasteiger partial charge on any atom is -0.462 e. The molecular weight excluding hydrogens is 204 g/mol. The summed E-state index contributed by atoms with van der Waals surface area (Å²) in [5.74, 6) is -0.362. The quantitative estimate of drug-likeness (QED) is 0.721. The van der Waals surface area contributed by atoms with Gasteiger partial charge in [0.15, 0.2) is 0 Å². The minimum atomic E-state index is -0.362. The van der Waals surface area contributed by atoms with E-state index < -0.39 is 0 Å². The number of rotatable bonds is 2. The molecule has 0 aromatic carbocycles. The zero-order chi connectivity index (χ0) is 11.5. The van der Waals surface area contributed by atoms with Crippen LogP contribution in [0.25, 0.3) is 11.0 Å². The van der Waals surface area contributed by atoms with E-state index in [1.807, 2.05) is 13.0 Å². The molecule has 82 valence electrons. The Morgan fingerprint density at radius 2 is 1.94 bits per heavy atom. The fourth-order valence-electron chi connectivity index (χ4n) is 1.43. The lowest BCUT2D eigenvalue weighted by atomic mass is 10.2. The summed E-state index contributed by atoms with van der Waals surface area (Å²) >= 11 is 0. The van der Waals surface area contributed by atoms with Crippen LogP contribution in [0, 0.1) is 6.92 Å². The lowest BCUT2D eigenvalue weighted by Gasteiger charge is -2.02. The molecule has 0 saturated carbocycles. The summed E-state index contributed by atoms with van der Waals surface area (Å²) in [5, 5.41) is 0. The fraction of sp³-hybridized carbons (Fsp3) is 0.250. The van der Waals surface area contributed by atoms with Crippen LogP contribution in [0.3, 0.4) is 0 Å². The molecule has 2 aromatic rings. The topological polar surface area (TPSA) is 52.1 Å². The van der Waals surface area contributed by atoms with Crippen LogP contribution < -0.4 is 0 Å². The molecule has 0 N–H and O–H groups in total. The second kappa shape index (κ2) is 4.26. The Morgan fingerprint density at radius 3 is 2.69 bits per heavy atom. The number of carbonyl (C=O) groups excluding carboxylic acids is 1. The predicted molar refractivity (Wildman–Crippen MR) is 60.2 cm³/mol. The largest absolute Gasteiger partial charge is 0.462 e. The molecule has 0 aliphatic heterocycles. The van der Waals surface area contributed by atoms with Crippen LogP contribution in [0.4, 0.5) is 0 Å². The van der Waals surface area contributed by atoms with E-state index in [4.69, 9.17) is 4.74 Å². The normalized spacial score (nSPS) is 10.4. The molecule has 0 aliphatic carbocycles. The molecule has 0 fully saturated rings. The van der Waals surface area contributed by atoms with Crippen LogP contribution in [0.2, 0.25) is 0 Å². The number of carbonyl (C=O) groups is 1. The fourth-order valence-corrected chi connectivity index (χ4v) is 1.43. The second-order valence-electron chi connectivity index (χ2n) is 3.50. The van der Waals surface area contributed by atoms with E-state index in [1.165, 1.54) is 6.20 Å². The molecule has 2 heterocycles. The van der Waals surface area contributed by atoms with Gasteiger partial charge in [-0.15, -0.1) is 0 Å². The van der Waals surface area contributed by atoms with Crippen molar-refractivity contribution in [3.05, 3.63) is 35.7 Å². The standard InChI is InChI=1S/C12H12N2O2/c1-3-16-12(15)9-5-11-10(14-7-9)4-8(2)6-13-11/h4-7H,3H2,1-2H3. The molecule has 2 aromatic heterocycles. The van der Waals surface area contributed by atoms with Gasteiger partial charge in [-0.1, -0.05) is 0 Å². The Bertz CT molecular complexity index is 538. The first-order chi connectivity index (χ1) is 7.70. The highest BCUT2D eigenvalue weighted by atomic mass is 16.5. The second-order valence-corrected chi connectivity index (χ2v) is 3.50. The Labute approximate surface area is 93.3 Å². The number of hydrogen-bond acceptors (Lipinski definition) is 4. The summed E-state index contributed by atoms with van der Waals surface area (Å²) in [7, 11) is 0. The number of ether oxygens (including phenoxy) is 1. The summed E-state index contributed by atoms with van der Waals surface area (Å²) in [4.78, 5) is 19.9. The average molecular weight is 216 g/mol. The zero-order valence-electron chi connectivity index (χ0n) is 9.23. The van der Waals surface area contributed by atoms with Crippen molar-refractivity contribution < 1.29 is 9.53 Å². The highest BCUT2D eigenvalue weighted by Gasteiger charge is 2.08. The van der Waals surface area contributed by atoms with Gasteiger partial charge in [0.2, 0.25) is 0 Å². The zero-order valence-corrected chi connectivity index (χ0v) is 9.23. The van der Waals surface area contributed by atoms with Gasteiger partial charge in [0.25, 0.3) is 0 Å². The first-order valence-corrected chi connectivity index (χ1v) is 5.10. The first-order valence-electron chi connectivity index (χ1n) is 5.10. The van der Waals surface area contributed by atoms with Gasteiger partial charge >= 0.3 is 5.97 Å². The van der Waals surface area contributed by atoms with Crippen LogP contribution in [-0.2, 0) is 4.74 Å². The molecule has 2 rings (SSSR count). The summed E-state index contributed by atoms with van der Waals surface area (Å²) in [6.07, 6.45) is 3.26. The third kappa shape index (κ3) is 2.00. The van der Waals surface area contributed by atoms with E-state index in [2.05, 4.69) is 9.97 Å². The van der Waals surface area contributed by atoms with Crippen LogP contribution in [0.5, 0.6) is 0 Å². The monoisotopic (exact) mass is 216 g/mol. The van der Waals surface area contributed by atoms with E-state index in [-0.39, 0.29) is 5.97 Å². The van der Waals surface area contributed by atoms with Gasteiger partial charge in [-0.05, 0) is 31.5 Å². The van der Waals surface area contributed by atoms with Gasteiger partial charge in [0.1, 0.15) is 0 Å². The smallest absolute Gasteiger partial charge is 0.339 e. The maximum absolute atomic E-state index is 11.5. The minimum absolute atomic E-state index is 0.359. The number of esters is 1. The van der Waals surface area contributed by atoms with E-state index in [9.17, 15) is 4.79 Å². The number of hydrogen-bond donors (Lipinski definition) is 0. The molecule has 0 atom stereocenters. The van der Waals surface area contributed by atoms with Gasteiger partial charge < -0.3 is 4.74 Å². The highest BCUT2D eigenvalue weighted by Crippen LogP contribution is 2.12. The van der Waals surface area contributed by atoms with Gasteiger partial charge in [-0.2, -0.15) is 0 Å². The molecule has 0 unspecified atom stereocenters. The molecule has 4 heteroatoms. The number of nitrogens with zero attached hydrogens (tertiary/aromatic N) is 2. The molecular formula is C12H12N2O2. The number of fused-ring (bicyclic) bond motifs is 1. The van der Waals surface area contributed by atoms with E-state index >= 15 is 0 Å². The summed E-state index contributed by atoms with van der Waals surface area (Å²) in [6, 6.07) is 3.62. The lowest BCUT2D eigenvalue weighted by molar-refractivity contribution is 0.0526. The molecule has 0 radical (unpaired) electrons. The van der Waals surface area contributed by atoms with Crippen molar-refractivity contribution in [3.8, 4) is 0 Å². The van der Waals surface area contributed by atoms with Crippen LogP contribution in [-0.4, -0.2) is 22.5 Å². The maximum Gasteiger partial charge on any atom is 0.339 e. The Hall–Kier alpha value is -1.97. The Balaban J connectivity index is 2.44. The molecule has 4 nitrogen and oxygen atoms in total. The highest BCUT2D eigenvalue weighted by molar-refractivity contribution is 5.92. The third-order valence-corrected chi connectivity index (χ3v) is 2.18.